The third kappa shape index (κ3) is 2.23. The monoisotopic (exact) mass is 318 g/mol. The van der Waals surface area contributed by atoms with E-state index in [2.05, 4.69) is 25.5 Å². The van der Waals surface area contributed by atoms with Gasteiger partial charge in [-0.3, -0.25) is 9.89 Å². The Morgan fingerprint density at radius 1 is 1.21 bits per heavy atom. The molecule has 118 valence electrons. The van der Waals surface area contributed by atoms with Crippen molar-refractivity contribution >= 4 is 39.2 Å². The SMILES string of the molecule is Cc1cccc2ncnc(Nc3ccc4[nH]nc(C(N)=O)c4c3)c12. The van der Waals surface area contributed by atoms with Gasteiger partial charge in [0.2, 0.25) is 0 Å². The van der Waals surface area contributed by atoms with Gasteiger partial charge in [0.05, 0.1) is 11.0 Å². The summed E-state index contributed by atoms with van der Waals surface area (Å²) >= 11 is 0. The number of hydrogen-bond donors (Lipinski definition) is 3. The van der Waals surface area contributed by atoms with E-state index in [-0.39, 0.29) is 5.69 Å². The number of rotatable bonds is 3. The second kappa shape index (κ2) is 5.31. The van der Waals surface area contributed by atoms with Gasteiger partial charge in [-0.25, -0.2) is 9.97 Å². The maximum absolute atomic E-state index is 11.5. The molecule has 7 heteroatoms. The van der Waals surface area contributed by atoms with E-state index in [1.807, 2.05) is 43.3 Å². The van der Waals surface area contributed by atoms with Crippen molar-refractivity contribution in [2.24, 2.45) is 5.73 Å². The number of primary amides is 1. The van der Waals surface area contributed by atoms with E-state index in [9.17, 15) is 4.79 Å². The molecule has 2 aromatic carbocycles. The summed E-state index contributed by atoms with van der Waals surface area (Å²) in [7, 11) is 0. The Morgan fingerprint density at radius 2 is 2.08 bits per heavy atom. The highest BCUT2D eigenvalue weighted by Crippen LogP contribution is 2.27. The molecule has 2 aromatic heterocycles. The van der Waals surface area contributed by atoms with Crippen molar-refractivity contribution in [3.8, 4) is 0 Å². The Balaban J connectivity index is 1.83. The van der Waals surface area contributed by atoms with Gasteiger partial charge in [0, 0.05) is 16.5 Å². The third-order valence-electron chi connectivity index (χ3n) is 3.93. The van der Waals surface area contributed by atoms with Crippen LogP contribution in [-0.2, 0) is 0 Å². The van der Waals surface area contributed by atoms with Gasteiger partial charge < -0.3 is 11.1 Å². The van der Waals surface area contributed by atoms with E-state index >= 15 is 0 Å². The summed E-state index contributed by atoms with van der Waals surface area (Å²) in [6, 6.07) is 11.5. The zero-order valence-electron chi connectivity index (χ0n) is 12.9. The quantitative estimate of drug-likeness (QED) is 0.538. The molecule has 2 heterocycles. The standard InChI is InChI=1S/C17H14N6O/c1-9-3-2-4-13-14(9)17(20-8-19-13)21-10-5-6-12-11(7-10)15(16(18)24)23-22-12/h2-8H,1H3,(H2,18,24)(H,22,23)(H,19,20,21). The third-order valence-corrected chi connectivity index (χ3v) is 3.93. The Bertz CT molecular complexity index is 1080. The Kier molecular flexibility index (Phi) is 3.13. The molecule has 0 saturated heterocycles. The topological polar surface area (TPSA) is 110 Å². The summed E-state index contributed by atoms with van der Waals surface area (Å²) in [5.74, 6) is 0.142. The molecular weight excluding hydrogens is 304 g/mol. The smallest absolute Gasteiger partial charge is 0.269 e. The Hall–Kier alpha value is -3.48. The van der Waals surface area contributed by atoms with Crippen LogP contribution in [0.5, 0.6) is 0 Å². The van der Waals surface area contributed by atoms with E-state index in [1.165, 1.54) is 6.33 Å². The van der Waals surface area contributed by atoms with E-state index in [4.69, 9.17) is 5.73 Å². The van der Waals surface area contributed by atoms with Gasteiger partial charge >= 0.3 is 0 Å². The van der Waals surface area contributed by atoms with Crippen molar-refractivity contribution in [2.45, 2.75) is 6.92 Å². The van der Waals surface area contributed by atoms with Crippen molar-refractivity contribution < 1.29 is 4.79 Å². The summed E-state index contributed by atoms with van der Waals surface area (Å²) in [4.78, 5) is 20.1. The molecule has 0 aliphatic carbocycles. The summed E-state index contributed by atoms with van der Waals surface area (Å²) in [6.45, 7) is 2.02. The predicted molar refractivity (Wildman–Crippen MR) is 92.2 cm³/mol. The molecule has 0 unspecified atom stereocenters. The Labute approximate surface area is 136 Å². The summed E-state index contributed by atoms with van der Waals surface area (Å²) in [5.41, 5.74) is 9.06. The lowest BCUT2D eigenvalue weighted by Crippen LogP contribution is -2.11. The lowest BCUT2D eigenvalue weighted by Gasteiger charge is -2.10. The van der Waals surface area contributed by atoms with Crippen LogP contribution in [0, 0.1) is 6.92 Å². The zero-order valence-corrected chi connectivity index (χ0v) is 12.9. The number of carbonyl (C=O) groups is 1. The highest BCUT2D eigenvalue weighted by molar-refractivity contribution is 6.05. The average molecular weight is 318 g/mol. The van der Waals surface area contributed by atoms with Crippen LogP contribution in [-0.4, -0.2) is 26.1 Å². The van der Waals surface area contributed by atoms with Gasteiger partial charge in [0.15, 0.2) is 5.69 Å². The van der Waals surface area contributed by atoms with E-state index in [1.54, 1.807) is 0 Å². The number of nitrogens with two attached hydrogens (primary N) is 1. The molecule has 0 radical (unpaired) electrons. The number of hydrogen-bond acceptors (Lipinski definition) is 5. The number of carbonyl (C=O) groups excluding carboxylic acids is 1. The fourth-order valence-corrected chi connectivity index (χ4v) is 2.79. The van der Waals surface area contributed by atoms with E-state index in [0.717, 1.165) is 27.7 Å². The summed E-state index contributed by atoms with van der Waals surface area (Å²) in [6.07, 6.45) is 1.52. The van der Waals surface area contributed by atoms with Gasteiger partial charge in [0.1, 0.15) is 12.1 Å². The van der Waals surface area contributed by atoms with Crippen LogP contribution < -0.4 is 11.1 Å². The van der Waals surface area contributed by atoms with Gasteiger partial charge in [-0.15, -0.1) is 0 Å². The van der Waals surface area contributed by atoms with Gasteiger partial charge in [-0.05, 0) is 36.8 Å². The number of anilines is 2. The number of benzene rings is 2. The molecule has 0 spiro atoms. The lowest BCUT2D eigenvalue weighted by molar-refractivity contribution is 0.0997. The number of aromatic amines is 1. The maximum atomic E-state index is 11.5. The Morgan fingerprint density at radius 3 is 2.92 bits per heavy atom. The lowest BCUT2D eigenvalue weighted by atomic mass is 10.1. The molecular formula is C17H14N6O. The fourth-order valence-electron chi connectivity index (χ4n) is 2.79. The number of H-pyrrole nitrogens is 1. The van der Waals surface area contributed by atoms with Crippen molar-refractivity contribution in [2.75, 3.05) is 5.32 Å². The number of aryl methyl sites for hydroxylation is 1. The molecule has 0 fully saturated rings. The predicted octanol–water partition coefficient (Wildman–Crippen LogP) is 2.66. The number of aromatic nitrogens is 4. The molecule has 1 amide bonds. The minimum absolute atomic E-state index is 0.220. The van der Waals surface area contributed by atoms with Crippen LogP contribution in [0.15, 0.2) is 42.7 Å². The molecule has 24 heavy (non-hydrogen) atoms. The molecule has 4 rings (SSSR count). The largest absolute Gasteiger partial charge is 0.364 e. The minimum atomic E-state index is -0.568. The first-order valence-corrected chi connectivity index (χ1v) is 7.39. The highest BCUT2D eigenvalue weighted by Gasteiger charge is 2.12. The first-order valence-electron chi connectivity index (χ1n) is 7.39. The highest BCUT2D eigenvalue weighted by atomic mass is 16.1. The second-order valence-corrected chi connectivity index (χ2v) is 5.51. The van der Waals surface area contributed by atoms with Crippen LogP contribution in [0.25, 0.3) is 21.8 Å². The van der Waals surface area contributed by atoms with Crippen LogP contribution in [0.2, 0.25) is 0 Å². The molecule has 0 saturated carbocycles. The van der Waals surface area contributed by atoms with Gasteiger partial charge in [-0.1, -0.05) is 12.1 Å². The first-order chi connectivity index (χ1) is 11.6. The zero-order chi connectivity index (χ0) is 16.7. The molecule has 0 aliphatic heterocycles. The number of amides is 1. The van der Waals surface area contributed by atoms with E-state index < -0.39 is 5.91 Å². The summed E-state index contributed by atoms with van der Waals surface area (Å²) in [5, 5.41) is 11.7. The van der Waals surface area contributed by atoms with Crippen molar-refractivity contribution in [1.82, 2.24) is 20.2 Å². The second-order valence-electron chi connectivity index (χ2n) is 5.51. The number of nitrogens with zero attached hydrogens (tertiary/aromatic N) is 3. The minimum Gasteiger partial charge on any atom is -0.364 e. The van der Waals surface area contributed by atoms with Crippen LogP contribution in [0.4, 0.5) is 11.5 Å². The molecule has 4 N–H and O–H groups in total. The molecule has 4 aromatic rings. The number of nitrogens with one attached hydrogen (secondary N) is 2. The van der Waals surface area contributed by atoms with Gasteiger partial charge in [0.25, 0.3) is 5.91 Å². The fraction of sp³-hybridized carbons (Fsp3) is 0.0588. The van der Waals surface area contributed by atoms with Crippen LogP contribution in [0.1, 0.15) is 16.1 Å². The number of fused-ring (bicyclic) bond motifs is 2. The first kappa shape index (κ1) is 14.1. The van der Waals surface area contributed by atoms with Crippen molar-refractivity contribution in [3.05, 3.63) is 54.0 Å². The van der Waals surface area contributed by atoms with Crippen molar-refractivity contribution in [3.63, 3.8) is 0 Å². The van der Waals surface area contributed by atoms with Crippen LogP contribution in [0.3, 0.4) is 0 Å². The average Bonchev–Trinajstić information content (AvgIpc) is 2.98. The maximum Gasteiger partial charge on any atom is 0.269 e. The van der Waals surface area contributed by atoms with Gasteiger partial charge in [-0.2, -0.15) is 5.10 Å². The van der Waals surface area contributed by atoms with Crippen LogP contribution >= 0.6 is 0 Å². The molecule has 0 atom stereocenters. The summed E-state index contributed by atoms with van der Waals surface area (Å²) < 4.78 is 0. The normalized spacial score (nSPS) is 11.0. The van der Waals surface area contributed by atoms with Crippen molar-refractivity contribution in [1.29, 1.82) is 0 Å². The molecule has 7 nitrogen and oxygen atoms in total. The molecule has 0 bridgehead atoms. The molecule has 0 aliphatic rings. The van der Waals surface area contributed by atoms with E-state index in [0.29, 0.717) is 11.2 Å².